The van der Waals surface area contributed by atoms with Gasteiger partial charge in [0, 0.05) is 120 Å². The predicted molar refractivity (Wildman–Crippen MR) is 377 cm³/mol. The van der Waals surface area contributed by atoms with Crippen molar-refractivity contribution in [1.82, 2.24) is 86.3 Å². The molecule has 2 saturated heterocycles. The number of carbonyl (C=O) groups excluding carboxylic acids is 6. The smallest absolute Gasteiger partial charge is 1.00 e. The molecule has 6 aromatic rings. The van der Waals surface area contributed by atoms with Gasteiger partial charge in [-0.2, -0.15) is 10.2 Å². The van der Waals surface area contributed by atoms with Gasteiger partial charge in [-0.25, -0.2) is 34.1 Å². The van der Waals surface area contributed by atoms with E-state index < -0.39 is 25.8 Å². The van der Waals surface area contributed by atoms with Gasteiger partial charge >= 0.3 is 47.7 Å². The van der Waals surface area contributed by atoms with Crippen molar-refractivity contribution in [3.05, 3.63) is 77.7 Å². The summed E-state index contributed by atoms with van der Waals surface area (Å²) in [5, 5.41) is 42.5. The van der Waals surface area contributed by atoms with Crippen molar-refractivity contribution < 1.29 is 80.3 Å². The second kappa shape index (κ2) is 41.4. The topological polar surface area (TPSA) is 366 Å². The quantitative estimate of drug-likeness (QED) is 0.0209. The molecule has 6 heterocycles. The van der Waals surface area contributed by atoms with E-state index in [0.717, 1.165) is 51.6 Å². The zero-order chi connectivity index (χ0) is 74.6. The van der Waals surface area contributed by atoms with Crippen molar-refractivity contribution in [1.29, 1.82) is 0 Å². The van der Waals surface area contributed by atoms with Crippen molar-refractivity contribution >= 4 is 99.4 Å². The molecule has 34 heteroatoms. The molecular weight excluding hydrogens is 1330 g/mol. The van der Waals surface area contributed by atoms with Gasteiger partial charge in [-0.3, -0.25) is 23.9 Å². The van der Waals surface area contributed by atoms with E-state index in [-0.39, 0.29) is 91.7 Å². The Hall–Kier alpha value is -7.96. The van der Waals surface area contributed by atoms with E-state index in [1.807, 2.05) is 20.4 Å². The number of aromatic nitrogens is 10. The van der Waals surface area contributed by atoms with Crippen LogP contribution in [0.3, 0.4) is 0 Å². The first kappa shape index (κ1) is 69.9. The molecule has 4 aliphatic carbocycles. The summed E-state index contributed by atoms with van der Waals surface area (Å²) in [6.07, 6.45) is 23.6. The number of nitrogens with one attached hydrogen (secondary N) is 7. The first-order valence-corrected chi connectivity index (χ1v) is 33.5. The Kier molecular flexibility index (Phi) is 29.6. The third-order valence-corrected chi connectivity index (χ3v) is 16.9. The van der Waals surface area contributed by atoms with Gasteiger partial charge in [0.25, 0.3) is 11.8 Å². The SMILES string of the molecule is NC1CCCC1.O=C(NCCCl)NC1CCCC1.O=C1NCCN1C1CCCC1.O=C=NCCCl.[2H]C([2H])([2H])NC(=O)c1nnc(Cl)cc1Nc1cccc(-c2ncn(C)n2)c1OC.[2H]C([2H])([2H])NC(=O)c1nnc(N2CCN(C3CCCC3)C2=O)cc1Nc1cccc(-c2ncn(C)n2)c1OC.[H-].[HH].[HH].[Na+]. The number of aliphatic imine (C=N–C) groups is 1. The molecule has 0 radical (unpaired) electrons. The number of amides is 8. The van der Waals surface area contributed by atoms with E-state index in [4.69, 9.17) is 58.2 Å². The Morgan fingerprint density at radius 3 is 1.68 bits per heavy atom. The van der Waals surface area contributed by atoms with Crippen LogP contribution >= 0.6 is 34.8 Å². The van der Waals surface area contributed by atoms with Gasteiger partial charge in [0.1, 0.15) is 12.7 Å². The molecule has 30 nitrogen and oxygen atoms in total. The molecule has 530 valence electrons. The van der Waals surface area contributed by atoms with Crippen LogP contribution in [0.1, 0.15) is 136 Å². The van der Waals surface area contributed by atoms with E-state index in [9.17, 15) is 28.8 Å². The Balaban J connectivity index is 0.000000379. The van der Waals surface area contributed by atoms with E-state index in [1.54, 1.807) is 72.5 Å². The summed E-state index contributed by atoms with van der Waals surface area (Å²) >= 11 is 16.4. The number of alkyl halides is 2. The number of nitrogens with two attached hydrogens (primary N) is 1. The average molecular weight is 1430 g/mol. The fourth-order valence-corrected chi connectivity index (χ4v) is 12.0. The van der Waals surface area contributed by atoms with Crippen molar-refractivity contribution in [2.45, 2.75) is 127 Å². The molecule has 4 aromatic heterocycles. The third kappa shape index (κ3) is 23.1. The molecule has 98 heavy (non-hydrogen) atoms. The molecule has 6 fully saturated rings. The predicted octanol–water partition coefficient (Wildman–Crippen LogP) is 6.08. The molecular formula is C64H94Cl3N22NaO8. The Morgan fingerprint density at radius 1 is 0.714 bits per heavy atom. The van der Waals surface area contributed by atoms with Crippen LogP contribution in [0.15, 0.2) is 66.2 Å². The zero-order valence-corrected chi connectivity index (χ0v) is 60.1. The van der Waals surface area contributed by atoms with Crippen molar-refractivity contribution in [3.8, 4) is 34.3 Å². The van der Waals surface area contributed by atoms with Gasteiger partial charge in [-0.1, -0.05) is 75.1 Å². The normalized spacial score (nSPS) is 16.9. The number of isocyanates is 1. The maximum absolute atomic E-state index is 13.2. The number of methoxy groups -OCH3 is 2. The summed E-state index contributed by atoms with van der Waals surface area (Å²) in [4.78, 5) is 87.0. The van der Waals surface area contributed by atoms with E-state index >= 15 is 0 Å². The minimum Gasteiger partial charge on any atom is -1.00 e. The number of aryl methyl sites for hydroxylation is 2. The van der Waals surface area contributed by atoms with Gasteiger partial charge in [0.15, 0.2) is 45.5 Å². The average Bonchev–Trinajstić information content (AvgIpc) is 1.78. The molecule has 0 spiro atoms. The number of para-hydroxylation sites is 2. The Bertz CT molecular complexity index is 3830. The maximum atomic E-state index is 13.2. The minimum absolute atomic E-state index is 0. The molecule has 0 atom stereocenters. The number of urea groups is 3. The summed E-state index contributed by atoms with van der Waals surface area (Å²) in [5.41, 5.74) is 7.46. The van der Waals surface area contributed by atoms with Crippen LogP contribution in [0.5, 0.6) is 11.5 Å². The molecule has 0 bridgehead atoms. The molecule has 4 saturated carbocycles. The second-order valence-corrected chi connectivity index (χ2v) is 24.2. The number of carbonyl (C=O) groups is 5. The summed E-state index contributed by atoms with van der Waals surface area (Å²) < 4.78 is 58.2. The molecule has 6 aliphatic rings. The van der Waals surface area contributed by atoms with E-state index in [2.05, 4.69) is 72.1 Å². The summed E-state index contributed by atoms with van der Waals surface area (Å²) in [5.74, 6) is 0.919. The number of anilines is 5. The van der Waals surface area contributed by atoms with Crippen molar-refractivity contribution in [3.63, 3.8) is 0 Å². The minimum atomic E-state index is -2.73. The van der Waals surface area contributed by atoms with Crippen LogP contribution in [0.2, 0.25) is 5.15 Å². The standard InChI is InChI=1S/C24H29N9O3.C16H16ClN7O2.C8H15ClN2O.C8H14N2O.C5H11N.C3H4ClNO.Na.2H2.H/c1-25-23(34)20-18(27-17-10-6-9-16(21(17)36-3)22-26-14-31(2)30-22)13-19(28-29-20)33-12-11-32(24(33)35)15-7-4-5-8-15;1-18-16(25)13-11(7-12(17)21-22-13)20-10-6-4-5-9(14(10)26-3)15-19-8-24(2)23-15;9-5-6-10-8(12)11-7-3-1-2-4-7;11-8-9-5-6-10(8)7-3-1-2-4-7;6-5-3-1-2-4-5;4-1-2-5-3-6;;;;/h6,9-10,13-15H,4-5,7-8,11-12H2,1-3H3,(H,25,34)(H,27,28);4-8H,1-3H3,(H,18,25)(H,20,21);7H,1-6H2,(H2,10,11,12);7H,1-6H2,(H,9,11);5H,1-4,6H2;1-2H2;;2*1H;/q;;;;;;+1;;;-1/i2*1D3;;;;;;;;. The number of hydrogen-bond donors (Lipinski definition) is 8. The fourth-order valence-electron chi connectivity index (χ4n) is 11.7. The van der Waals surface area contributed by atoms with Gasteiger partial charge < -0.3 is 63.7 Å². The van der Waals surface area contributed by atoms with Gasteiger partial charge in [0.2, 0.25) is 6.08 Å². The van der Waals surface area contributed by atoms with Crippen LogP contribution in [-0.2, 0) is 18.9 Å². The number of ether oxygens (including phenoxy) is 2. The number of benzene rings is 2. The first-order chi connectivity index (χ1) is 49.3. The van der Waals surface area contributed by atoms with Gasteiger partial charge in [-0.15, -0.1) is 43.6 Å². The Morgan fingerprint density at radius 2 is 1.23 bits per heavy atom. The van der Waals surface area contributed by atoms with Crippen LogP contribution in [0, 0.1) is 0 Å². The van der Waals surface area contributed by atoms with Crippen LogP contribution in [-0.4, -0.2) is 199 Å². The van der Waals surface area contributed by atoms with Crippen molar-refractivity contribution in [2.24, 2.45) is 24.8 Å². The Labute approximate surface area is 621 Å². The molecule has 0 unspecified atom stereocenters. The largest absolute Gasteiger partial charge is 1.00 e. The van der Waals surface area contributed by atoms with E-state index in [0.29, 0.717) is 102 Å². The number of nitrogens with zero attached hydrogens (tertiary/aromatic N) is 14. The monoisotopic (exact) mass is 1430 g/mol. The third-order valence-electron chi connectivity index (χ3n) is 16.3. The molecule has 2 aliphatic heterocycles. The summed E-state index contributed by atoms with van der Waals surface area (Å²) in [6, 6.07) is 15.0. The molecule has 12 rings (SSSR count). The molecule has 8 amide bonds. The fraction of sp³-hybridized carbons (Fsp3) is 0.531. The number of rotatable bonds is 18. The molecule has 2 aromatic carbocycles. The van der Waals surface area contributed by atoms with Crippen molar-refractivity contribution in [2.75, 3.05) is 94.7 Å². The van der Waals surface area contributed by atoms with Gasteiger partial charge in [0.05, 0.1) is 54.6 Å². The van der Waals surface area contributed by atoms with Crippen LogP contribution in [0.25, 0.3) is 22.8 Å². The van der Waals surface area contributed by atoms with Crippen LogP contribution < -0.4 is 86.9 Å². The first-order valence-electron chi connectivity index (χ1n) is 35.1. The van der Waals surface area contributed by atoms with Crippen LogP contribution in [0.4, 0.5) is 43.0 Å². The summed E-state index contributed by atoms with van der Waals surface area (Å²) in [7, 11) is 6.46. The number of hydrogen-bond acceptors (Lipinski definition) is 20. The molecule has 9 N–H and O–H groups in total. The maximum Gasteiger partial charge on any atom is 1.00 e. The van der Waals surface area contributed by atoms with E-state index in [1.165, 1.54) is 102 Å². The summed E-state index contributed by atoms with van der Waals surface area (Å²) in [6.45, 7) is -1.73. The number of halogens is 3. The zero-order valence-electron chi connectivity index (χ0n) is 62.8. The van der Waals surface area contributed by atoms with Gasteiger partial charge in [-0.05, 0) is 75.6 Å². The second-order valence-electron chi connectivity index (χ2n) is 23.0.